The van der Waals surface area contributed by atoms with Gasteiger partial charge in [0.25, 0.3) is 0 Å². The fraction of sp³-hybridized carbons (Fsp3) is 0.625. The van der Waals surface area contributed by atoms with Crippen molar-refractivity contribution in [2.45, 2.75) is 59.3 Å². The van der Waals surface area contributed by atoms with Crippen molar-refractivity contribution in [2.75, 3.05) is 0 Å². The Hall–Kier alpha value is -1.32. The molecule has 0 aromatic heterocycles. The van der Waals surface area contributed by atoms with Crippen LogP contribution in [0.3, 0.4) is 0 Å². The van der Waals surface area contributed by atoms with Gasteiger partial charge in [-0.05, 0) is 46.0 Å². The van der Waals surface area contributed by atoms with Crippen LogP contribution in [0.25, 0.3) is 0 Å². The highest BCUT2D eigenvalue weighted by molar-refractivity contribution is 4.98. The summed E-state index contributed by atoms with van der Waals surface area (Å²) in [5.41, 5.74) is 0. The van der Waals surface area contributed by atoms with E-state index in [0.29, 0.717) is 0 Å². The lowest BCUT2D eigenvalue weighted by atomic mass is 9.93. The molecule has 0 aliphatic rings. The van der Waals surface area contributed by atoms with Crippen LogP contribution in [0.2, 0.25) is 0 Å². The summed E-state index contributed by atoms with van der Waals surface area (Å²) in [6.45, 7) is 5.71. The highest BCUT2D eigenvalue weighted by Crippen LogP contribution is 2.18. The average Bonchev–Trinajstić information content (AvgIpc) is 2.29. The first kappa shape index (κ1) is 14.7. The monoisotopic (exact) mass is 214 g/mol. The summed E-state index contributed by atoms with van der Waals surface area (Å²) in [5, 5.41) is 0. The zero-order valence-electron chi connectivity index (χ0n) is 10.8. The number of hydrogen-bond donors (Lipinski definition) is 0. The first-order chi connectivity index (χ1) is 7.85. The minimum Gasteiger partial charge on any atom is -0.107 e. The van der Waals surface area contributed by atoms with E-state index in [1.165, 1.54) is 19.3 Å². The van der Waals surface area contributed by atoms with Crippen LogP contribution in [-0.2, 0) is 0 Å². The third-order valence-corrected chi connectivity index (χ3v) is 2.56. The maximum Gasteiger partial charge on any atom is 0.00912 e. The van der Waals surface area contributed by atoms with Crippen LogP contribution >= 0.6 is 0 Å². The molecule has 86 valence electrons. The van der Waals surface area contributed by atoms with Gasteiger partial charge in [0.15, 0.2) is 0 Å². The average molecular weight is 214 g/mol. The van der Waals surface area contributed by atoms with Gasteiger partial charge in [-0.2, -0.15) is 0 Å². The van der Waals surface area contributed by atoms with E-state index in [9.17, 15) is 0 Å². The van der Waals surface area contributed by atoms with Crippen LogP contribution in [0.15, 0.2) is 0 Å². The molecule has 0 aromatic carbocycles. The molecule has 0 radical (unpaired) electrons. The van der Waals surface area contributed by atoms with Crippen molar-refractivity contribution >= 4 is 0 Å². The van der Waals surface area contributed by atoms with E-state index in [-0.39, 0.29) is 0 Å². The van der Waals surface area contributed by atoms with Crippen molar-refractivity contribution in [1.29, 1.82) is 0 Å². The van der Waals surface area contributed by atoms with Gasteiger partial charge in [0, 0.05) is 19.3 Å². The fourth-order valence-electron chi connectivity index (χ4n) is 1.64. The maximum absolute atomic E-state index is 3.14. The van der Waals surface area contributed by atoms with Gasteiger partial charge in [-0.1, -0.05) is 0 Å². The summed E-state index contributed by atoms with van der Waals surface area (Å²) in [6, 6.07) is 0. The Balaban J connectivity index is 3.93. The van der Waals surface area contributed by atoms with Crippen molar-refractivity contribution in [1.82, 2.24) is 0 Å². The van der Waals surface area contributed by atoms with Crippen LogP contribution in [0.4, 0.5) is 0 Å². The van der Waals surface area contributed by atoms with Crippen molar-refractivity contribution in [3.8, 4) is 35.5 Å². The lowest BCUT2D eigenvalue weighted by Crippen LogP contribution is -1.99. The Bertz CT molecular complexity index is 272. The lowest BCUT2D eigenvalue weighted by molar-refractivity contribution is 0.437. The second kappa shape index (κ2) is 11.8. The largest absolute Gasteiger partial charge is 0.107 e. The van der Waals surface area contributed by atoms with Crippen molar-refractivity contribution in [3.63, 3.8) is 0 Å². The van der Waals surface area contributed by atoms with Gasteiger partial charge >= 0.3 is 0 Å². The molecule has 0 saturated carbocycles. The molecule has 0 aromatic rings. The number of rotatable bonds is 6. The van der Waals surface area contributed by atoms with Gasteiger partial charge in [-0.3, -0.25) is 0 Å². The second-order valence-electron chi connectivity index (χ2n) is 3.76. The molecule has 0 bridgehead atoms. The third kappa shape index (κ3) is 9.24. The van der Waals surface area contributed by atoms with Gasteiger partial charge in [0.1, 0.15) is 0 Å². The summed E-state index contributed by atoms with van der Waals surface area (Å²) < 4.78 is 0. The molecule has 0 amide bonds. The predicted octanol–water partition coefficient (Wildman–Crippen LogP) is 4.01. The zero-order valence-corrected chi connectivity index (χ0v) is 10.8. The molecule has 0 spiro atoms. The molecule has 0 unspecified atom stereocenters. The van der Waals surface area contributed by atoms with Crippen LogP contribution in [-0.4, -0.2) is 0 Å². The van der Waals surface area contributed by atoms with Gasteiger partial charge < -0.3 is 0 Å². The summed E-state index contributed by atoms with van der Waals surface area (Å²) in [6.07, 6.45) is 6.62. The third-order valence-electron chi connectivity index (χ3n) is 2.56. The molecular weight excluding hydrogens is 192 g/mol. The van der Waals surface area contributed by atoms with Gasteiger partial charge in [-0.15, -0.1) is 35.5 Å². The first-order valence-electron chi connectivity index (χ1n) is 6.04. The molecule has 16 heavy (non-hydrogen) atoms. The van der Waals surface area contributed by atoms with E-state index in [2.05, 4.69) is 35.5 Å². The summed E-state index contributed by atoms with van der Waals surface area (Å²) in [4.78, 5) is 0. The number of hydrogen-bond acceptors (Lipinski definition) is 0. The molecule has 0 aliphatic carbocycles. The Morgan fingerprint density at radius 3 is 1.19 bits per heavy atom. The summed E-state index contributed by atoms with van der Waals surface area (Å²) in [7, 11) is 0. The standard InChI is InChI=1S/C16H22/c1-4-7-10-13-16(14-11-8-5-2)15-12-9-6-3/h16H,10-15H2,1-3H3. The molecule has 0 heteroatoms. The molecule has 0 saturated heterocycles. The van der Waals surface area contributed by atoms with Crippen LogP contribution in [0.1, 0.15) is 59.3 Å². The van der Waals surface area contributed by atoms with Gasteiger partial charge in [0.2, 0.25) is 0 Å². The Morgan fingerprint density at radius 1 is 0.625 bits per heavy atom. The van der Waals surface area contributed by atoms with E-state index in [0.717, 1.165) is 25.2 Å². The van der Waals surface area contributed by atoms with E-state index in [1.807, 2.05) is 20.8 Å². The van der Waals surface area contributed by atoms with Crippen molar-refractivity contribution in [2.24, 2.45) is 5.92 Å². The maximum atomic E-state index is 3.14. The SMILES string of the molecule is CC#CCCC(CCC#CC)CCC#CC. The normalized spacial score (nSPS) is 8.25. The Labute approximate surface area is 101 Å². The molecule has 0 heterocycles. The topological polar surface area (TPSA) is 0 Å². The van der Waals surface area contributed by atoms with E-state index >= 15 is 0 Å². The van der Waals surface area contributed by atoms with E-state index in [1.54, 1.807) is 0 Å². The molecule has 0 rings (SSSR count). The van der Waals surface area contributed by atoms with E-state index in [4.69, 9.17) is 0 Å². The molecule has 0 nitrogen and oxygen atoms in total. The summed E-state index contributed by atoms with van der Waals surface area (Å²) in [5.74, 6) is 19.0. The Kier molecular flexibility index (Phi) is 10.8. The fourth-order valence-corrected chi connectivity index (χ4v) is 1.64. The Morgan fingerprint density at radius 2 is 0.938 bits per heavy atom. The first-order valence-corrected chi connectivity index (χ1v) is 6.04. The van der Waals surface area contributed by atoms with Crippen molar-refractivity contribution in [3.05, 3.63) is 0 Å². The smallest absolute Gasteiger partial charge is 0.00912 e. The highest BCUT2D eigenvalue weighted by atomic mass is 14.1. The minimum atomic E-state index is 0.738. The molecule has 0 atom stereocenters. The minimum absolute atomic E-state index is 0.738. The highest BCUT2D eigenvalue weighted by Gasteiger charge is 2.06. The van der Waals surface area contributed by atoms with E-state index < -0.39 is 0 Å². The quantitative estimate of drug-likeness (QED) is 0.586. The zero-order chi connectivity index (χ0) is 12.1. The lowest BCUT2D eigenvalue weighted by Gasteiger charge is -2.12. The van der Waals surface area contributed by atoms with Crippen LogP contribution < -0.4 is 0 Å². The molecule has 0 N–H and O–H groups in total. The summed E-state index contributed by atoms with van der Waals surface area (Å²) >= 11 is 0. The van der Waals surface area contributed by atoms with Gasteiger partial charge in [0.05, 0.1) is 0 Å². The second-order valence-corrected chi connectivity index (χ2v) is 3.76. The molecular formula is C16H22. The van der Waals surface area contributed by atoms with Crippen LogP contribution in [0.5, 0.6) is 0 Å². The molecule has 0 fully saturated rings. The molecule has 0 aliphatic heterocycles. The van der Waals surface area contributed by atoms with Crippen molar-refractivity contribution < 1.29 is 0 Å². The van der Waals surface area contributed by atoms with Gasteiger partial charge in [-0.25, -0.2) is 0 Å². The predicted molar refractivity (Wildman–Crippen MR) is 71.5 cm³/mol. The van der Waals surface area contributed by atoms with Crippen LogP contribution in [0, 0.1) is 41.4 Å².